The molecule has 3 N–H and O–H groups in total. The van der Waals surface area contributed by atoms with Crippen LogP contribution in [-0.2, 0) is 9.84 Å². The topological polar surface area (TPSA) is 106 Å². The largest absolute Gasteiger partial charge is 0.356 e. The fourth-order valence-corrected chi connectivity index (χ4v) is 1.35. The van der Waals surface area contributed by atoms with E-state index in [0.717, 1.165) is 5.56 Å². The first kappa shape index (κ1) is 12.2. The summed E-state index contributed by atoms with van der Waals surface area (Å²) in [4.78, 5) is 21.6. The van der Waals surface area contributed by atoms with Crippen LogP contribution in [0.25, 0.3) is 0 Å². The van der Waals surface area contributed by atoms with Crippen molar-refractivity contribution in [2.24, 2.45) is 5.73 Å². The van der Waals surface area contributed by atoms with Crippen LogP contribution in [0.2, 0.25) is 0 Å². The van der Waals surface area contributed by atoms with Crippen LogP contribution in [-0.4, -0.2) is 18.9 Å². The fraction of sp³-hybridized carbons (Fsp3) is 0.111. The van der Waals surface area contributed by atoms with E-state index >= 15 is 0 Å². The third kappa shape index (κ3) is 2.57. The summed E-state index contributed by atoms with van der Waals surface area (Å²) < 4.78 is 22.0. The van der Waals surface area contributed by atoms with Gasteiger partial charge in [-0.2, -0.15) is 0 Å². The zero-order valence-corrected chi connectivity index (χ0v) is 9.24. The summed E-state index contributed by atoms with van der Waals surface area (Å²) in [5, 5.41) is -1.03. The van der Waals surface area contributed by atoms with E-state index in [1.54, 1.807) is 12.1 Å². The van der Waals surface area contributed by atoms with Crippen LogP contribution in [0.3, 0.4) is 0 Å². The van der Waals surface area contributed by atoms with E-state index in [-0.39, 0.29) is 5.69 Å². The second kappa shape index (κ2) is 4.31. The van der Waals surface area contributed by atoms with Crippen LogP contribution < -0.4 is 11.1 Å². The van der Waals surface area contributed by atoms with Crippen LogP contribution in [0.15, 0.2) is 24.3 Å². The third-order valence-electron chi connectivity index (χ3n) is 1.81. The lowest BCUT2D eigenvalue weighted by molar-refractivity contribution is 0.261. The first-order valence-electron chi connectivity index (χ1n) is 4.26. The maximum absolute atomic E-state index is 11.2. The van der Waals surface area contributed by atoms with E-state index in [1.165, 1.54) is 12.1 Å². The molecule has 86 valence electrons. The number of anilines is 1. The lowest BCUT2D eigenvalue weighted by Crippen LogP contribution is -2.32. The van der Waals surface area contributed by atoms with Gasteiger partial charge in [-0.3, -0.25) is 9.59 Å². The van der Waals surface area contributed by atoms with Gasteiger partial charge in [-0.05, 0) is 19.1 Å². The molecule has 2 amide bonds. The molecule has 0 atom stereocenters. The molecule has 0 aliphatic rings. The minimum atomic E-state index is -4.60. The van der Waals surface area contributed by atoms with Gasteiger partial charge in [0.25, 0.3) is 0 Å². The molecule has 0 radical (unpaired) electrons. The van der Waals surface area contributed by atoms with E-state index < -0.39 is 20.3 Å². The highest BCUT2D eigenvalue weighted by Gasteiger charge is 2.28. The summed E-state index contributed by atoms with van der Waals surface area (Å²) in [6, 6.07) is 6.41. The summed E-state index contributed by atoms with van der Waals surface area (Å²) in [5.74, 6) is 0. The molecule has 7 heteroatoms. The number of amides is 2. The predicted octanol–water partition coefficient (Wildman–Crippen LogP) is 1.02. The van der Waals surface area contributed by atoms with Crippen molar-refractivity contribution < 1.29 is 18.0 Å². The van der Waals surface area contributed by atoms with E-state index in [2.05, 4.69) is 11.1 Å². The van der Waals surface area contributed by atoms with Crippen molar-refractivity contribution in [2.45, 2.75) is 6.92 Å². The molecule has 0 aliphatic heterocycles. The number of hydrogen-bond acceptors (Lipinski definition) is 4. The third-order valence-corrected chi connectivity index (χ3v) is 2.93. The maximum Gasteiger partial charge on any atom is 0.350 e. The van der Waals surface area contributed by atoms with Crippen LogP contribution in [0, 0.1) is 6.92 Å². The fourth-order valence-electron chi connectivity index (χ4n) is 0.913. The number of nitrogens with two attached hydrogens (primary N) is 1. The monoisotopic (exact) mass is 242 g/mol. The van der Waals surface area contributed by atoms with Gasteiger partial charge in [-0.25, -0.2) is 8.42 Å². The number of nitrogens with one attached hydrogen (secondary N) is 1. The molecule has 0 unspecified atom stereocenters. The van der Waals surface area contributed by atoms with Gasteiger partial charge < -0.3 is 11.1 Å². The summed E-state index contributed by atoms with van der Waals surface area (Å²) in [7, 11) is -4.60. The van der Waals surface area contributed by atoms with Gasteiger partial charge in [0.15, 0.2) is 0 Å². The van der Waals surface area contributed by atoms with Gasteiger partial charge in [-0.15, -0.1) is 0 Å². The van der Waals surface area contributed by atoms with Gasteiger partial charge in [0.05, 0.1) is 0 Å². The standard InChI is InChI=1S/C9H10N2O4S/c1-6-2-4-7(5-3-6)11-9(13)16(14,15)8(10)12/h2-5H,1H3,(H2,10,12)(H,11,13). The van der Waals surface area contributed by atoms with Crippen molar-refractivity contribution in [3.05, 3.63) is 29.8 Å². The van der Waals surface area contributed by atoms with Crippen molar-refractivity contribution >= 4 is 26.0 Å². The Kier molecular flexibility index (Phi) is 3.28. The average Bonchev–Trinajstić information content (AvgIpc) is 2.21. The average molecular weight is 242 g/mol. The quantitative estimate of drug-likeness (QED) is 0.766. The zero-order chi connectivity index (χ0) is 12.3. The second-order valence-electron chi connectivity index (χ2n) is 3.10. The number of carbonyl (C=O) groups excluding carboxylic acids is 2. The number of hydrogen-bond donors (Lipinski definition) is 2. The Morgan fingerprint density at radius 2 is 1.69 bits per heavy atom. The highest BCUT2D eigenvalue weighted by atomic mass is 32.2. The van der Waals surface area contributed by atoms with Crippen molar-refractivity contribution in [3.8, 4) is 0 Å². The number of sulfone groups is 1. The van der Waals surface area contributed by atoms with E-state index in [1.807, 2.05) is 6.92 Å². The molecule has 0 bridgehead atoms. The lowest BCUT2D eigenvalue weighted by Gasteiger charge is -2.03. The van der Waals surface area contributed by atoms with Gasteiger partial charge >= 0.3 is 20.3 Å². The van der Waals surface area contributed by atoms with Gasteiger partial charge in [-0.1, -0.05) is 17.7 Å². The molecular formula is C9H10N2O4S. The summed E-state index contributed by atoms with van der Waals surface area (Å²) in [6.07, 6.45) is 0. The number of benzene rings is 1. The highest BCUT2D eigenvalue weighted by Crippen LogP contribution is 2.10. The van der Waals surface area contributed by atoms with E-state index in [0.29, 0.717) is 0 Å². The molecule has 1 aromatic rings. The van der Waals surface area contributed by atoms with Crippen LogP contribution >= 0.6 is 0 Å². The minimum absolute atomic E-state index is 0.278. The van der Waals surface area contributed by atoms with Crippen molar-refractivity contribution in [1.82, 2.24) is 0 Å². The summed E-state index contributed by atoms with van der Waals surface area (Å²) in [5.41, 5.74) is 5.79. The second-order valence-corrected chi connectivity index (χ2v) is 4.88. The van der Waals surface area contributed by atoms with E-state index in [9.17, 15) is 18.0 Å². The Labute approximate surface area is 92.4 Å². The van der Waals surface area contributed by atoms with Gasteiger partial charge in [0.2, 0.25) is 0 Å². The molecule has 0 saturated heterocycles. The molecule has 0 saturated carbocycles. The Hall–Kier alpha value is -1.89. The number of rotatable bonds is 1. The Morgan fingerprint density at radius 3 is 2.12 bits per heavy atom. The SMILES string of the molecule is Cc1ccc(NC(=O)S(=O)(=O)C(N)=O)cc1. The maximum atomic E-state index is 11.2. The Bertz CT molecular complexity index is 519. The van der Waals surface area contributed by atoms with Gasteiger partial charge in [0.1, 0.15) is 0 Å². The van der Waals surface area contributed by atoms with Crippen molar-refractivity contribution in [3.63, 3.8) is 0 Å². The number of primary amides is 1. The van der Waals surface area contributed by atoms with E-state index in [4.69, 9.17) is 0 Å². The lowest BCUT2D eigenvalue weighted by atomic mass is 10.2. The minimum Gasteiger partial charge on any atom is -0.356 e. The molecule has 1 aromatic carbocycles. The molecule has 0 fully saturated rings. The molecule has 6 nitrogen and oxygen atoms in total. The molecule has 0 heterocycles. The first-order valence-corrected chi connectivity index (χ1v) is 5.74. The zero-order valence-electron chi connectivity index (χ0n) is 8.43. The molecule has 1 rings (SSSR count). The number of aryl methyl sites for hydroxylation is 1. The van der Waals surface area contributed by atoms with Crippen LogP contribution in [0.4, 0.5) is 15.3 Å². The smallest absolute Gasteiger partial charge is 0.350 e. The van der Waals surface area contributed by atoms with Crippen LogP contribution in [0.1, 0.15) is 5.56 Å². The molecular weight excluding hydrogens is 232 g/mol. The number of carbonyl (C=O) groups is 2. The summed E-state index contributed by atoms with van der Waals surface area (Å²) >= 11 is 0. The van der Waals surface area contributed by atoms with Gasteiger partial charge in [0, 0.05) is 5.69 Å². The summed E-state index contributed by atoms with van der Waals surface area (Å²) in [6.45, 7) is 1.84. The predicted molar refractivity (Wildman–Crippen MR) is 58.7 cm³/mol. The molecule has 0 aliphatic carbocycles. The van der Waals surface area contributed by atoms with Crippen molar-refractivity contribution in [2.75, 3.05) is 5.32 Å². The normalized spacial score (nSPS) is 10.8. The van der Waals surface area contributed by atoms with Crippen molar-refractivity contribution in [1.29, 1.82) is 0 Å². The Balaban J connectivity index is 2.88. The van der Waals surface area contributed by atoms with Crippen LogP contribution in [0.5, 0.6) is 0 Å². The molecule has 16 heavy (non-hydrogen) atoms. The molecule has 0 aromatic heterocycles. The molecule has 0 spiro atoms. The first-order chi connectivity index (χ1) is 7.34. The highest BCUT2D eigenvalue weighted by molar-refractivity contribution is 8.18. The Morgan fingerprint density at radius 1 is 1.19 bits per heavy atom.